The van der Waals surface area contributed by atoms with E-state index in [0.29, 0.717) is 0 Å². The van der Waals surface area contributed by atoms with Gasteiger partial charge in [-0.1, -0.05) is 6.58 Å². The van der Waals surface area contributed by atoms with Crippen LogP contribution < -0.4 is 5.11 Å². The summed E-state index contributed by atoms with van der Waals surface area (Å²) in [4.78, 5) is 11.8. The van der Waals surface area contributed by atoms with E-state index in [1.165, 1.54) is 19.3 Å². The van der Waals surface area contributed by atoms with E-state index in [1.54, 1.807) is 13.0 Å². The lowest BCUT2D eigenvalue weighted by molar-refractivity contribution is -0.353. The molecule has 0 spiro atoms. The molecule has 0 saturated heterocycles. The number of rotatable bonds is 6. The van der Waals surface area contributed by atoms with E-state index in [1.807, 2.05) is 0 Å². The molecular weight excluding hydrogens is 260 g/mol. The van der Waals surface area contributed by atoms with Crippen molar-refractivity contribution in [3.05, 3.63) is 59.9 Å². The summed E-state index contributed by atoms with van der Waals surface area (Å²) >= 11 is 0. The summed E-state index contributed by atoms with van der Waals surface area (Å²) < 4.78 is 9.39. The lowest BCUT2D eigenvalue weighted by atomic mass is 10.1. The minimum Gasteiger partial charge on any atom is -0.615 e. The zero-order valence-corrected chi connectivity index (χ0v) is 11.3. The second kappa shape index (κ2) is 7.66. The highest BCUT2D eigenvalue weighted by atomic mass is 16.6. The molecule has 0 aromatic rings. The van der Waals surface area contributed by atoms with E-state index in [0.717, 1.165) is 11.8 Å². The Kier molecular flexibility index (Phi) is 5.87. The number of methoxy groups -OCH3 is 1. The molecule has 0 aromatic carbocycles. The Labute approximate surface area is 117 Å². The number of azo groups is 1. The molecule has 0 atom stereocenters. The van der Waals surface area contributed by atoms with E-state index in [9.17, 15) is 9.90 Å². The molecule has 6 heteroatoms. The van der Waals surface area contributed by atoms with E-state index >= 15 is 0 Å². The lowest BCUT2D eigenvalue weighted by Crippen LogP contribution is -2.10. The van der Waals surface area contributed by atoms with Crippen LogP contribution in [0.25, 0.3) is 0 Å². The predicted molar refractivity (Wildman–Crippen MR) is 69.7 cm³/mol. The molecule has 0 amide bonds. The smallest absolute Gasteiger partial charge is 0.399 e. The van der Waals surface area contributed by atoms with Gasteiger partial charge in [0.2, 0.25) is 11.3 Å². The van der Waals surface area contributed by atoms with Crippen LogP contribution in [-0.4, -0.2) is 19.7 Å². The van der Waals surface area contributed by atoms with Crippen LogP contribution in [-0.2, 0) is 14.3 Å². The van der Waals surface area contributed by atoms with Crippen molar-refractivity contribution in [2.24, 2.45) is 10.2 Å². The maximum Gasteiger partial charge on any atom is 0.399 e. The molecular formula is C14H14N2O4. The summed E-state index contributed by atoms with van der Waals surface area (Å²) in [5.74, 6) is -1.19. The van der Waals surface area contributed by atoms with Gasteiger partial charge in [-0.05, 0) is 19.6 Å². The lowest BCUT2D eigenvalue weighted by Gasteiger charge is -2.04. The van der Waals surface area contributed by atoms with Gasteiger partial charge < -0.3 is 14.6 Å². The first-order valence-electron chi connectivity index (χ1n) is 5.68. The van der Waals surface area contributed by atoms with Gasteiger partial charge >= 0.3 is 5.97 Å². The number of esters is 1. The van der Waals surface area contributed by atoms with Crippen molar-refractivity contribution in [1.29, 1.82) is 0 Å². The molecule has 0 saturated carbocycles. The minimum atomic E-state index is -0.636. The normalized spacial score (nSPS) is 14.4. The first-order chi connectivity index (χ1) is 9.54. The number of ether oxygens (including phenoxy) is 2. The Morgan fingerprint density at radius 3 is 3.00 bits per heavy atom. The molecule has 104 valence electrons. The zero-order valence-electron chi connectivity index (χ0n) is 11.3. The molecule has 0 fully saturated rings. The van der Waals surface area contributed by atoms with Crippen LogP contribution in [0.1, 0.15) is 6.92 Å². The number of allylic oxidation sites excluding steroid dienone is 3. The summed E-state index contributed by atoms with van der Waals surface area (Å²) in [6.45, 7) is 5.51. The Bertz CT molecular complexity index is 539. The van der Waals surface area contributed by atoms with Gasteiger partial charge in [0.25, 0.3) is 0 Å². The highest BCUT2D eigenvalue weighted by molar-refractivity contribution is 5.93. The largest absolute Gasteiger partial charge is 0.615 e. The van der Waals surface area contributed by atoms with Crippen LogP contribution in [0.5, 0.6) is 0 Å². The van der Waals surface area contributed by atoms with Crippen LogP contribution in [0.15, 0.2) is 64.0 Å². The molecule has 0 aliphatic heterocycles. The highest BCUT2D eigenvalue weighted by Crippen LogP contribution is 2.16. The number of carbonyl (C=O) groups excluding carboxylic acids is 1. The molecule has 0 aromatic heterocycles. The van der Waals surface area contributed by atoms with Crippen molar-refractivity contribution in [3.8, 4) is 0 Å². The van der Waals surface area contributed by atoms with Crippen LogP contribution >= 0.6 is 0 Å². The third kappa shape index (κ3) is 4.88. The average Bonchev–Trinajstić information content (AvgIpc) is 2.45. The topological polar surface area (TPSA) is 83.3 Å². The van der Waals surface area contributed by atoms with Gasteiger partial charge in [0, 0.05) is 6.08 Å². The monoisotopic (exact) mass is 274 g/mol. The second-order valence-corrected chi connectivity index (χ2v) is 3.84. The van der Waals surface area contributed by atoms with Crippen molar-refractivity contribution in [2.75, 3.05) is 13.7 Å². The Hall–Kier alpha value is -2.72. The second-order valence-electron chi connectivity index (χ2n) is 3.84. The van der Waals surface area contributed by atoms with Crippen molar-refractivity contribution < 1.29 is 19.4 Å². The predicted octanol–water partition coefficient (Wildman–Crippen LogP) is 1.55. The molecule has 0 heterocycles. The number of hydrogen-bond donors (Lipinski definition) is 0. The fourth-order valence-electron chi connectivity index (χ4n) is 1.13. The number of hydrogen-bond acceptors (Lipinski definition) is 6. The summed E-state index contributed by atoms with van der Waals surface area (Å²) in [7, 11) is 1.23. The standard InChI is InChI=1S/C14H14N2O4/c1-10(2)9-20-14(18)11-6-4-5-7-12(11)16-15-8-13(17)19-3/h5-8H,1,9H2,2-3H3. The zero-order chi connectivity index (χ0) is 15.0. The van der Waals surface area contributed by atoms with Crippen LogP contribution in [0, 0.1) is 6.08 Å². The van der Waals surface area contributed by atoms with Gasteiger partial charge in [-0.3, -0.25) is 0 Å². The SMILES string of the molecule is C=C(C)COC(=O)C1=C(N=N/C=C(\[O-])OC)C=C[C+]=C1. The summed E-state index contributed by atoms with van der Waals surface area (Å²) in [5.41, 5.74) is 1.20. The maximum absolute atomic E-state index is 11.8. The Morgan fingerprint density at radius 2 is 2.35 bits per heavy atom. The Morgan fingerprint density at radius 1 is 1.60 bits per heavy atom. The molecule has 0 bridgehead atoms. The van der Waals surface area contributed by atoms with Gasteiger partial charge in [-0.25, -0.2) is 4.79 Å². The fraction of sp³-hybridized carbons (Fsp3) is 0.214. The summed E-state index contributed by atoms with van der Waals surface area (Å²) in [5, 5.41) is 18.2. The molecule has 20 heavy (non-hydrogen) atoms. The molecule has 0 radical (unpaired) electrons. The molecule has 0 unspecified atom stereocenters. The van der Waals surface area contributed by atoms with Crippen LogP contribution in [0.4, 0.5) is 0 Å². The first-order valence-corrected chi connectivity index (χ1v) is 5.68. The molecule has 6 nitrogen and oxygen atoms in total. The highest BCUT2D eigenvalue weighted by Gasteiger charge is 2.23. The van der Waals surface area contributed by atoms with Gasteiger partial charge in [-0.15, -0.1) is 5.11 Å². The van der Waals surface area contributed by atoms with Crippen LogP contribution in [0.2, 0.25) is 0 Å². The van der Waals surface area contributed by atoms with Crippen molar-refractivity contribution >= 4 is 5.97 Å². The van der Waals surface area contributed by atoms with Gasteiger partial charge in [-0.2, -0.15) is 5.11 Å². The maximum atomic E-state index is 11.8. The Balaban J connectivity index is 2.87. The summed E-state index contributed by atoms with van der Waals surface area (Å²) in [6, 6.07) is 0. The molecule has 0 N–H and O–H groups in total. The fourth-order valence-corrected chi connectivity index (χ4v) is 1.13. The van der Waals surface area contributed by atoms with Crippen LogP contribution in [0.3, 0.4) is 0 Å². The number of nitrogens with zero attached hydrogens (tertiary/aromatic N) is 2. The quantitative estimate of drug-likeness (QED) is 0.242. The first kappa shape index (κ1) is 15.3. The van der Waals surface area contributed by atoms with Gasteiger partial charge in [0.1, 0.15) is 18.8 Å². The van der Waals surface area contributed by atoms with E-state index in [2.05, 4.69) is 27.6 Å². The van der Waals surface area contributed by atoms with E-state index in [4.69, 9.17) is 4.74 Å². The van der Waals surface area contributed by atoms with Crippen molar-refractivity contribution in [3.63, 3.8) is 0 Å². The molecule has 1 aliphatic carbocycles. The molecule has 1 aliphatic rings. The van der Waals surface area contributed by atoms with Crippen molar-refractivity contribution in [1.82, 2.24) is 0 Å². The third-order valence-corrected chi connectivity index (χ3v) is 2.04. The summed E-state index contributed by atoms with van der Waals surface area (Å²) in [6.07, 6.45) is 8.20. The molecule has 1 rings (SSSR count). The van der Waals surface area contributed by atoms with Crippen molar-refractivity contribution in [2.45, 2.75) is 6.92 Å². The number of carbonyl (C=O) groups is 1. The van der Waals surface area contributed by atoms with E-state index in [-0.39, 0.29) is 17.9 Å². The van der Waals surface area contributed by atoms with Gasteiger partial charge in [0.05, 0.1) is 18.2 Å². The minimum absolute atomic E-state index is 0.124. The van der Waals surface area contributed by atoms with E-state index < -0.39 is 11.9 Å². The van der Waals surface area contributed by atoms with Gasteiger partial charge in [0.15, 0.2) is 0 Å². The third-order valence-electron chi connectivity index (χ3n) is 2.04. The average molecular weight is 274 g/mol.